The highest BCUT2D eigenvalue weighted by Gasteiger charge is 2.41. The molecule has 1 rings (SSSR count). The number of amides is 1. The second-order valence-corrected chi connectivity index (χ2v) is 5.61. The maximum absolute atomic E-state index is 11.6. The van der Waals surface area contributed by atoms with Gasteiger partial charge in [0, 0.05) is 11.7 Å². The molecule has 0 spiro atoms. The summed E-state index contributed by atoms with van der Waals surface area (Å²) in [6.45, 7) is 5.72. The molecule has 0 aromatic carbocycles. The third-order valence-electron chi connectivity index (χ3n) is 2.99. The highest BCUT2D eigenvalue weighted by Crippen LogP contribution is 2.40. The first-order valence-electron chi connectivity index (χ1n) is 5.98. The summed E-state index contributed by atoms with van der Waals surface area (Å²) in [7, 11) is -1.18. The first-order chi connectivity index (χ1) is 7.69. The van der Waals surface area contributed by atoms with E-state index in [0.717, 1.165) is 32.1 Å². The Labute approximate surface area is 100 Å². The number of rotatable bonds is 8. The monoisotopic (exact) mass is 243 g/mol. The molecule has 1 amide bonds. The fraction of sp³-hybridized carbons (Fsp3) is 0.750. The number of allylic oxidation sites excluding steroid dienone is 1. The van der Waals surface area contributed by atoms with Gasteiger partial charge in [-0.25, -0.2) is 4.21 Å². The average molecular weight is 243 g/mol. The zero-order valence-corrected chi connectivity index (χ0v) is 10.7. The van der Waals surface area contributed by atoms with Crippen LogP contribution in [0.1, 0.15) is 39.0 Å². The van der Waals surface area contributed by atoms with E-state index >= 15 is 0 Å². The van der Waals surface area contributed by atoms with Crippen molar-refractivity contribution in [3.63, 3.8) is 0 Å². The first-order valence-corrected chi connectivity index (χ1v) is 7.30. The van der Waals surface area contributed by atoms with E-state index < -0.39 is 11.0 Å². The van der Waals surface area contributed by atoms with Crippen molar-refractivity contribution in [3.05, 3.63) is 12.7 Å². The van der Waals surface area contributed by atoms with E-state index in [1.807, 2.05) is 6.08 Å². The molecule has 1 N–H and O–H groups in total. The minimum atomic E-state index is -1.18. The van der Waals surface area contributed by atoms with Crippen LogP contribution in [0.5, 0.6) is 0 Å². The molecule has 3 nitrogen and oxygen atoms in total. The van der Waals surface area contributed by atoms with Crippen LogP contribution < -0.4 is 4.72 Å². The molecule has 0 radical (unpaired) electrons. The van der Waals surface area contributed by atoms with E-state index in [1.165, 1.54) is 0 Å². The lowest BCUT2D eigenvalue weighted by molar-refractivity contribution is -0.120. The summed E-state index contributed by atoms with van der Waals surface area (Å²) in [6, 6.07) is 0. The maximum atomic E-state index is 11.6. The summed E-state index contributed by atoms with van der Waals surface area (Å²) < 4.78 is 14.1. The Bertz CT molecular complexity index is 278. The van der Waals surface area contributed by atoms with Crippen molar-refractivity contribution in [2.24, 2.45) is 11.8 Å². The number of carbonyl (C=O) groups is 1. The van der Waals surface area contributed by atoms with Crippen molar-refractivity contribution in [3.8, 4) is 0 Å². The Morgan fingerprint density at radius 2 is 2.31 bits per heavy atom. The number of hydrogen-bond acceptors (Lipinski definition) is 2. The van der Waals surface area contributed by atoms with Gasteiger partial charge in [0.1, 0.15) is 11.0 Å². The quantitative estimate of drug-likeness (QED) is 0.524. The minimum Gasteiger partial charge on any atom is -0.275 e. The maximum Gasteiger partial charge on any atom is 0.235 e. The van der Waals surface area contributed by atoms with E-state index in [-0.39, 0.29) is 11.8 Å². The van der Waals surface area contributed by atoms with Crippen LogP contribution in [0, 0.1) is 11.8 Å². The Kier molecular flexibility index (Phi) is 5.74. The highest BCUT2D eigenvalue weighted by molar-refractivity contribution is 7.83. The van der Waals surface area contributed by atoms with Gasteiger partial charge in [0.25, 0.3) is 0 Å². The highest BCUT2D eigenvalue weighted by atomic mass is 32.2. The van der Waals surface area contributed by atoms with E-state index in [0.29, 0.717) is 11.7 Å². The van der Waals surface area contributed by atoms with Crippen LogP contribution in [0.15, 0.2) is 12.7 Å². The van der Waals surface area contributed by atoms with Gasteiger partial charge in [-0.15, -0.1) is 6.58 Å². The normalized spacial score (nSPS) is 24.8. The van der Waals surface area contributed by atoms with E-state index in [9.17, 15) is 9.00 Å². The van der Waals surface area contributed by atoms with Gasteiger partial charge in [-0.1, -0.05) is 19.4 Å². The van der Waals surface area contributed by atoms with E-state index in [2.05, 4.69) is 18.2 Å². The predicted molar refractivity (Wildman–Crippen MR) is 67.1 cm³/mol. The molecule has 92 valence electrons. The molecule has 16 heavy (non-hydrogen) atoms. The standard InChI is InChI=1S/C12H21NO2S/c1-3-5-6-7-8-16(15)13-12(14)11-9-10(11)4-2/h3,10-11H,1,4-9H2,2H3,(H,13,14)/t10-,11?,16?/m1/s1. The van der Waals surface area contributed by atoms with Gasteiger partial charge in [0.05, 0.1) is 0 Å². The van der Waals surface area contributed by atoms with Crippen LogP contribution in [0.2, 0.25) is 0 Å². The van der Waals surface area contributed by atoms with Crippen molar-refractivity contribution in [1.29, 1.82) is 0 Å². The zero-order chi connectivity index (χ0) is 12.0. The molecule has 1 saturated carbocycles. The lowest BCUT2D eigenvalue weighted by atomic mass is 10.2. The second kappa shape index (κ2) is 6.84. The van der Waals surface area contributed by atoms with Crippen LogP contribution in [0.4, 0.5) is 0 Å². The zero-order valence-electron chi connectivity index (χ0n) is 9.91. The van der Waals surface area contributed by atoms with Gasteiger partial charge in [0.15, 0.2) is 0 Å². The van der Waals surface area contributed by atoms with Gasteiger partial charge >= 0.3 is 0 Å². The van der Waals surface area contributed by atoms with Crippen molar-refractivity contribution in [2.45, 2.75) is 39.0 Å². The molecule has 2 unspecified atom stereocenters. The Balaban J connectivity index is 2.10. The second-order valence-electron chi connectivity index (χ2n) is 4.31. The molecule has 0 aromatic heterocycles. The van der Waals surface area contributed by atoms with Gasteiger partial charge in [-0.3, -0.25) is 9.52 Å². The molecule has 1 aliphatic rings. The third-order valence-corrected chi connectivity index (χ3v) is 4.07. The van der Waals surface area contributed by atoms with Crippen LogP contribution in [-0.2, 0) is 15.8 Å². The van der Waals surface area contributed by atoms with Crippen molar-refractivity contribution in [1.82, 2.24) is 4.72 Å². The molecule has 0 aromatic rings. The van der Waals surface area contributed by atoms with Crippen LogP contribution >= 0.6 is 0 Å². The van der Waals surface area contributed by atoms with E-state index in [4.69, 9.17) is 0 Å². The van der Waals surface area contributed by atoms with Gasteiger partial charge in [-0.2, -0.15) is 0 Å². The Morgan fingerprint density at radius 1 is 1.56 bits per heavy atom. The summed E-state index contributed by atoms with van der Waals surface area (Å²) >= 11 is 0. The lowest BCUT2D eigenvalue weighted by Gasteiger charge is -2.03. The Morgan fingerprint density at radius 3 is 2.88 bits per heavy atom. The summed E-state index contributed by atoms with van der Waals surface area (Å²) in [4.78, 5) is 11.6. The summed E-state index contributed by atoms with van der Waals surface area (Å²) in [6.07, 6.45) is 6.69. The van der Waals surface area contributed by atoms with Gasteiger partial charge in [-0.05, 0) is 31.6 Å². The number of hydrogen-bond donors (Lipinski definition) is 1. The number of unbranched alkanes of at least 4 members (excludes halogenated alkanes) is 2. The number of carbonyl (C=O) groups excluding carboxylic acids is 1. The lowest BCUT2D eigenvalue weighted by Crippen LogP contribution is -2.29. The largest absolute Gasteiger partial charge is 0.275 e. The molecule has 3 atom stereocenters. The molecular weight excluding hydrogens is 222 g/mol. The fourth-order valence-corrected chi connectivity index (χ4v) is 2.72. The molecule has 0 heterocycles. The number of nitrogens with one attached hydrogen (secondary N) is 1. The molecule has 0 saturated heterocycles. The third kappa shape index (κ3) is 4.47. The van der Waals surface area contributed by atoms with E-state index in [1.54, 1.807) is 0 Å². The topological polar surface area (TPSA) is 46.2 Å². The molecular formula is C12H21NO2S. The first kappa shape index (κ1) is 13.4. The summed E-state index contributed by atoms with van der Waals surface area (Å²) in [5.74, 6) is 1.19. The molecule has 4 heteroatoms. The van der Waals surface area contributed by atoms with Crippen LogP contribution in [-0.4, -0.2) is 15.9 Å². The molecule has 0 bridgehead atoms. The SMILES string of the molecule is C=CCCCCS(=O)NC(=O)C1C[C@H]1CC. The summed E-state index contributed by atoms with van der Waals surface area (Å²) in [5.41, 5.74) is 0. The summed E-state index contributed by atoms with van der Waals surface area (Å²) in [5, 5.41) is 0. The minimum absolute atomic E-state index is 0.0195. The van der Waals surface area contributed by atoms with Crippen molar-refractivity contribution >= 4 is 16.9 Å². The smallest absolute Gasteiger partial charge is 0.235 e. The molecule has 0 aliphatic heterocycles. The predicted octanol–water partition coefficient (Wildman–Crippen LogP) is 2.17. The van der Waals surface area contributed by atoms with Crippen molar-refractivity contribution < 1.29 is 9.00 Å². The molecule has 1 aliphatic carbocycles. The van der Waals surface area contributed by atoms with Crippen LogP contribution in [0.3, 0.4) is 0 Å². The van der Waals surface area contributed by atoms with Crippen LogP contribution in [0.25, 0.3) is 0 Å². The average Bonchev–Trinajstić information content (AvgIpc) is 3.03. The van der Waals surface area contributed by atoms with Crippen molar-refractivity contribution in [2.75, 3.05) is 5.75 Å². The fourth-order valence-electron chi connectivity index (χ4n) is 1.78. The Hall–Kier alpha value is -0.640. The van der Waals surface area contributed by atoms with Gasteiger partial charge in [0.2, 0.25) is 5.91 Å². The molecule has 1 fully saturated rings. The van der Waals surface area contributed by atoms with Gasteiger partial charge < -0.3 is 0 Å².